The summed E-state index contributed by atoms with van der Waals surface area (Å²) in [6.07, 6.45) is 5.48. The van der Waals surface area contributed by atoms with Gasteiger partial charge < -0.3 is 35.2 Å². The van der Waals surface area contributed by atoms with Crippen LogP contribution in [0.5, 0.6) is 11.5 Å². The number of aliphatic hydroxyl groups is 2. The van der Waals surface area contributed by atoms with E-state index in [0.717, 1.165) is 31.0 Å². The van der Waals surface area contributed by atoms with E-state index < -0.39 is 64.3 Å². The fourth-order valence-corrected chi connectivity index (χ4v) is 13.3. The van der Waals surface area contributed by atoms with Crippen LogP contribution in [0.4, 0.5) is 28.2 Å². The summed E-state index contributed by atoms with van der Waals surface area (Å²) >= 11 is 6.77. The number of halogens is 5. The maximum Gasteiger partial charge on any atom is 0.329 e. The Morgan fingerprint density at radius 1 is 0.885 bits per heavy atom. The average molecular weight is 1100 g/mol. The largest absolute Gasteiger partial charge is 0.488 e. The fourth-order valence-electron chi connectivity index (χ4n) is 13.0. The number of fused-ring (bicyclic) bond motifs is 2. The molecule has 416 valence electrons. The quantitative estimate of drug-likeness (QED) is 0.0707. The van der Waals surface area contributed by atoms with Crippen LogP contribution < -0.4 is 25.4 Å². The van der Waals surface area contributed by atoms with Crippen molar-refractivity contribution in [2.45, 2.75) is 88.2 Å². The van der Waals surface area contributed by atoms with Crippen LogP contribution in [-0.4, -0.2) is 137 Å². The predicted molar refractivity (Wildman–Crippen MR) is 283 cm³/mol. The molecule has 4 fully saturated rings. The van der Waals surface area contributed by atoms with Crippen molar-refractivity contribution in [3.8, 4) is 22.6 Å². The third-order valence-electron chi connectivity index (χ3n) is 17.1. The predicted octanol–water partition coefficient (Wildman–Crippen LogP) is 7.73. The average Bonchev–Trinajstić information content (AvgIpc) is 4.13. The van der Waals surface area contributed by atoms with Crippen molar-refractivity contribution in [2.75, 3.05) is 77.1 Å². The number of nitrogens with one attached hydrogen (secondary N) is 1. The van der Waals surface area contributed by atoms with Crippen molar-refractivity contribution >= 4 is 52.1 Å². The minimum absolute atomic E-state index is 0.0286. The summed E-state index contributed by atoms with van der Waals surface area (Å²) in [6, 6.07) is 13.5. The number of nitrogens with two attached hydrogens (primary N) is 1. The number of piperidine rings is 2. The molecule has 2 atom stereocenters. The number of aromatic nitrogens is 2. The van der Waals surface area contributed by atoms with Crippen molar-refractivity contribution < 1.29 is 56.4 Å². The van der Waals surface area contributed by atoms with E-state index in [2.05, 4.69) is 20.2 Å². The number of anilines is 1. The smallest absolute Gasteiger partial charge is 0.329 e. The fraction of sp³-hybridized carbons (Fsp3) is 0.491. The Kier molecular flexibility index (Phi) is 16.1. The SMILES string of the molecule is C[C@H]1c2c(cc(F)c(Cl)c2-c2c(C(N)=O)ccc(OCCO)c2F)O[C@]1(CN(CCO)C1CCC(C(=O)N2CCC(CN3CCC(c4c(F)cc5c(N6CCC(=O)NC6=O)nn(C)c5c4F)CC3)CC2)CC1)c1ccccc1. The van der Waals surface area contributed by atoms with Gasteiger partial charge in [0.15, 0.2) is 28.8 Å². The molecular formula is C57H65ClF4N8O8. The Balaban J connectivity index is 0.769. The molecule has 21 heteroatoms. The lowest BCUT2D eigenvalue weighted by Gasteiger charge is -2.44. The van der Waals surface area contributed by atoms with E-state index in [4.69, 9.17) is 26.8 Å². The molecule has 10 rings (SSSR count). The highest BCUT2D eigenvalue weighted by Gasteiger charge is 2.52. The summed E-state index contributed by atoms with van der Waals surface area (Å²) in [5.41, 5.74) is 5.07. The number of aliphatic hydroxyl groups excluding tert-OH is 2. The summed E-state index contributed by atoms with van der Waals surface area (Å²) in [5.74, 6) is -5.44. The lowest BCUT2D eigenvalue weighted by atomic mass is 9.76. The van der Waals surface area contributed by atoms with Gasteiger partial charge in [0, 0.05) is 98.9 Å². The molecule has 4 aromatic carbocycles. The van der Waals surface area contributed by atoms with Gasteiger partial charge in [-0.05, 0) is 100 Å². The summed E-state index contributed by atoms with van der Waals surface area (Å²) in [6.45, 7) is 5.03. The van der Waals surface area contributed by atoms with Gasteiger partial charge in [-0.2, -0.15) is 5.10 Å². The number of amides is 5. The molecule has 0 unspecified atom stereocenters. The second kappa shape index (κ2) is 22.8. The highest BCUT2D eigenvalue weighted by atomic mass is 35.5. The Bertz CT molecular complexity index is 3110. The molecule has 5 aromatic rings. The number of nitrogens with zero attached hydrogens (tertiary/aromatic N) is 6. The van der Waals surface area contributed by atoms with Gasteiger partial charge in [-0.1, -0.05) is 48.9 Å². The molecule has 5 amide bonds. The van der Waals surface area contributed by atoms with Gasteiger partial charge in [0.2, 0.25) is 17.7 Å². The normalized spacial score (nSPS) is 22.5. The monoisotopic (exact) mass is 1100 g/mol. The van der Waals surface area contributed by atoms with Gasteiger partial charge in [-0.25, -0.2) is 22.4 Å². The highest BCUT2D eigenvalue weighted by Crippen LogP contribution is 2.57. The number of aryl methyl sites for hydroxylation is 1. The van der Waals surface area contributed by atoms with Crippen molar-refractivity contribution in [1.29, 1.82) is 0 Å². The molecule has 5 heterocycles. The van der Waals surface area contributed by atoms with Crippen LogP contribution in [0.2, 0.25) is 5.02 Å². The first kappa shape index (κ1) is 55.0. The molecule has 3 saturated heterocycles. The van der Waals surface area contributed by atoms with Gasteiger partial charge >= 0.3 is 6.03 Å². The zero-order chi connectivity index (χ0) is 55.2. The van der Waals surface area contributed by atoms with E-state index in [1.54, 1.807) is 7.05 Å². The number of carbonyl (C=O) groups is 4. The first-order valence-corrected chi connectivity index (χ1v) is 27.4. The Morgan fingerprint density at radius 2 is 1.60 bits per heavy atom. The number of imide groups is 1. The third kappa shape index (κ3) is 10.3. The van der Waals surface area contributed by atoms with Crippen molar-refractivity contribution in [2.24, 2.45) is 24.6 Å². The Hall–Kier alpha value is -6.32. The molecule has 0 spiro atoms. The minimum Gasteiger partial charge on any atom is -0.488 e. The zero-order valence-electron chi connectivity index (χ0n) is 43.7. The van der Waals surface area contributed by atoms with Crippen molar-refractivity contribution in [3.05, 3.63) is 105 Å². The van der Waals surface area contributed by atoms with E-state index in [1.807, 2.05) is 42.2 Å². The minimum atomic E-state index is -1.23. The molecule has 5 aliphatic rings. The number of carbonyl (C=O) groups excluding carboxylic acids is 4. The van der Waals surface area contributed by atoms with Crippen LogP contribution in [0.3, 0.4) is 0 Å². The van der Waals surface area contributed by atoms with Crippen LogP contribution in [-0.2, 0) is 22.2 Å². The van der Waals surface area contributed by atoms with E-state index in [9.17, 15) is 29.4 Å². The van der Waals surface area contributed by atoms with Gasteiger partial charge in [0.05, 0.1) is 29.2 Å². The molecular weight excluding hydrogens is 1040 g/mol. The maximum absolute atomic E-state index is 16.6. The van der Waals surface area contributed by atoms with E-state index in [1.165, 1.54) is 27.8 Å². The second-order valence-corrected chi connectivity index (χ2v) is 21.9. The summed E-state index contributed by atoms with van der Waals surface area (Å²) < 4.78 is 78.5. The van der Waals surface area contributed by atoms with E-state index in [0.29, 0.717) is 76.2 Å². The van der Waals surface area contributed by atoms with Crippen molar-refractivity contribution in [3.63, 3.8) is 0 Å². The summed E-state index contributed by atoms with van der Waals surface area (Å²) in [4.78, 5) is 59.1. The standard InChI is InChI=1S/C57H65ClF4N8O8/c1-32-45-43(29-41(60)49(58)48(45)47-38(53(63)74)12-13-42(50(47)61)77-27-26-72)78-57(32,36-6-4-3-5-7-36)31-69(24-25-71)37-10-8-35(9-11-37)55(75)68-21-14-33(15-22-68)30-67-19-16-34(17-20-67)46-40(59)28-39-52(51(46)62)66(2)65-54(39)70-23-18-44(73)64-56(70)76/h3-7,12-13,28-29,32-35,37,71-72H,8-11,14-27,30-31H2,1-2H3,(H2,63,74)(H,64,73,76)/t32-,35?,37?,57-/m0/s1. The molecule has 5 N–H and O–H groups in total. The molecule has 1 aromatic heterocycles. The lowest BCUT2D eigenvalue weighted by molar-refractivity contribution is -0.138. The van der Waals surface area contributed by atoms with Gasteiger partial charge in [-0.3, -0.25) is 34.2 Å². The first-order chi connectivity index (χ1) is 37.5. The highest BCUT2D eigenvalue weighted by molar-refractivity contribution is 6.34. The molecule has 78 heavy (non-hydrogen) atoms. The topological polar surface area (TPSA) is 196 Å². The number of ether oxygens (including phenoxy) is 2. The van der Waals surface area contributed by atoms with E-state index in [-0.39, 0.29) is 114 Å². The summed E-state index contributed by atoms with van der Waals surface area (Å²) in [7, 11) is 1.55. The molecule has 4 aliphatic heterocycles. The molecule has 16 nitrogen and oxygen atoms in total. The number of benzene rings is 4. The number of primary amides is 1. The number of rotatable bonds is 16. The number of hydrogen-bond donors (Lipinski definition) is 4. The zero-order valence-corrected chi connectivity index (χ0v) is 44.5. The van der Waals surface area contributed by atoms with Gasteiger partial charge in [0.25, 0.3) is 0 Å². The van der Waals surface area contributed by atoms with Gasteiger partial charge in [0.1, 0.15) is 29.5 Å². The first-order valence-electron chi connectivity index (χ1n) is 27.0. The van der Waals surface area contributed by atoms with Crippen LogP contribution in [0, 0.1) is 35.1 Å². The Morgan fingerprint density at radius 3 is 2.27 bits per heavy atom. The van der Waals surface area contributed by atoms with Crippen LogP contribution in [0.25, 0.3) is 22.0 Å². The molecule has 0 bridgehead atoms. The van der Waals surface area contributed by atoms with E-state index >= 15 is 17.6 Å². The third-order valence-corrected chi connectivity index (χ3v) is 17.4. The lowest BCUT2D eigenvalue weighted by Crippen LogP contribution is -2.52. The summed E-state index contributed by atoms with van der Waals surface area (Å²) in [5, 5.41) is 26.3. The van der Waals surface area contributed by atoms with Crippen LogP contribution in [0.1, 0.15) is 104 Å². The van der Waals surface area contributed by atoms with Crippen molar-refractivity contribution in [1.82, 2.24) is 29.8 Å². The number of urea groups is 1. The maximum atomic E-state index is 16.6. The molecule has 0 radical (unpaired) electrons. The second-order valence-electron chi connectivity index (χ2n) is 21.5. The molecule has 1 aliphatic carbocycles. The van der Waals surface area contributed by atoms with Crippen LogP contribution >= 0.6 is 11.6 Å². The molecule has 1 saturated carbocycles. The number of hydrogen-bond acceptors (Lipinski definition) is 11. The number of likely N-dealkylation sites (tertiary alicyclic amines) is 2. The van der Waals surface area contributed by atoms with Gasteiger partial charge in [-0.15, -0.1) is 0 Å². The van der Waals surface area contributed by atoms with Crippen LogP contribution in [0.15, 0.2) is 54.6 Å². The Labute approximate surface area is 454 Å².